The first-order chi connectivity index (χ1) is 11.6. The lowest BCUT2D eigenvalue weighted by Crippen LogP contribution is -2.37. The first-order valence-corrected chi connectivity index (χ1v) is 9.00. The van der Waals surface area contributed by atoms with Gasteiger partial charge in [-0.15, -0.1) is 0 Å². The zero-order valence-corrected chi connectivity index (χ0v) is 14.7. The fourth-order valence-corrected chi connectivity index (χ4v) is 3.54. The minimum absolute atomic E-state index is 0.0394. The van der Waals surface area contributed by atoms with Gasteiger partial charge in [-0.3, -0.25) is 0 Å². The predicted molar refractivity (Wildman–Crippen MR) is 88.8 cm³/mol. The van der Waals surface area contributed by atoms with Crippen molar-refractivity contribution < 1.29 is 14.1 Å². The van der Waals surface area contributed by atoms with Crippen molar-refractivity contribution >= 4 is 6.03 Å². The minimum Gasteiger partial charge on any atom is -0.381 e. The lowest BCUT2D eigenvalue weighted by Gasteiger charge is -2.20. The van der Waals surface area contributed by atoms with E-state index in [1.807, 2.05) is 4.90 Å². The second kappa shape index (κ2) is 7.96. The monoisotopic (exact) mass is 336 g/mol. The SMILES string of the molecule is CN(C)C(=O)N1CCC(c2nc(CCOCC3CCCC3)no2)C1. The molecule has 134 valence electrons. The summed E-state index contributed by atoms with van der Waals surface area (Å²) in [5, 5.41) is 4.06. The number of carbonyl (C=O) groups excluding carboxylic acids is 1. The first-order valence-electron chi connectivity index (χ1n) is 9.00. The minimum atomic E-state index is 0.0394. The Bertz CT molecular complexity index is 540. The quantitative estimate of drug-likeness (QED) is 0.745. The third kappa shape index (κ3) is 4.26. The molecule has 2 aliphatic rings. The van der Waals surface area contributed by atoms with Gasteiger partial charge >= 0.3 is 6.03 Å². The van der Waals surface area contributed by atoms with Crippen molar-refractivity contribution in [2.24, 2.45) is 5.92 Å². The Morgan fingerprint density at radius 1 is 1.33 bits per heavy atom. The smallest absolute Gasteiger partial charge is 0.319 e. The van der Waals surface area contributed by atoms with E-state index >= 15 is 0 Å². The molecule has 1 aliphatic carbocycles. The maximum absolute atomic E-state index is 12.0. The Hall–Kier alpha value is -1.63. The van der Waals surface area contributed by atoms with Gasteiger partial charge in [-0.1, -0.05) is 18.0 Å². The summed E-state index contributed by atoms with van der Waals surface area (Å²) in [6.45, 7) is 2.89. The summed E-state index contributed by atoms with van der Waals surface area (Å²) in [5.41, 5.74) is 0. The molecule has 7 heteroatoms. The maximum Gasteiger partial charge on any atom is 0.319 e. The van der Waals surface area contributed by atoms with E-state index in [4.69, 9.17) is 9.26 Å². The predicted octanol–water partition coefficient (Wildman–Crippen LogP) is 2.29. The molecule has 24 heavy (non-hydrogen) atoms. The molecule has 0 radical (unpaired) electrons. The van der Waals surface area contributed by atoms with Gasteiger partial charge in [0.25, 0.3) is 0 Å². The highest BCUT2D eigenvalue weighted by Gasteiger charge is 2.31. The van der Waals surface area contributed by atoms with Crippen molar-refractivity contribution in [1.29, 1.82) is 0 Å². The number of ether oxygens (including phenoxy) is 1. The molecule has 0 spiro atoms. The van der Waals surface area contributed by atoms with E-state index in [-0.39, 0.29) is 11.9 Å². The molecule has 1 saturated heterocycles. The highest BCUT2D eigenvalue weighted by atomic mass is 16.5. The second-order valence-electron chi connectivity index (χ2n) is 7.13. The fourth-order valence-electron chi connectivity index (χ4n) is 3.54. The lowest BCUT2D eigenvalue weighted by molar-refractivity contribution is 0.102. The van der Waals surface area contributed by atoms with Gasteiger partial charge in [0.15, 0.2) is 5.82 Å². The number of likely N-dealkylation sites (tertiary alicyclic amines) is 1. The van der Waals surface area contributed by atoms with Crippen LogP contribution in [0.5, 0.6) is 0 Å². The molecule has 2 heterocycles. The van der Waals surface area contributed by atoms with Gasteiger partial charge in [-0.25, -0.2) is 4.79 Å². The Morgan fingerprint density at radius 2 is 2.12 bits per heavy atom. The van der Waals surface area contributed by atoms with Crippen molar-refractivity contribution in [1.82, 2.24) is 19.9 Å². The zero-order valence-electron chi connectivity index (χ0n) is 14.7. The van der Waals surface area contributed by atoms with Crippen molar-refractivity contribution in [2.75, 3.05) is 40.4 Å². The number of urea groups is 1. The van der Waals surface area contributed by atoms with Crippen LogP contribution in [-0.2, 0) is 11.2 Å². The molecule has 0 N–H and O–H groups in total. The molecule has 1 atom stereocenters. The highest BCUT2D eigenvalue weighted by Crippen LogP contribution is 2.27. The normalized spacial score (nSPS) is 21.6. The van der Waals surface area contributed by atoms with Crippen molar-refractivity contribution in [3.8, 4) is 0 Å². The second-order valence-corrected chi connectivity index (χ2v) is 7.13. The average molecular weight is 336 g/mol. The van der Waals surface area contributed by atoms with Crippen molar-refractivity contribution in [3.63, 3.8) is 0 Å². The molecular formula is C17H28N4O3. The standard InChI is InChI=1S/C17H28N4O3/c1-20(2)17(22)21-9-7-14(11-21)16-18-15(19-24-16)8-10-23-12-13-5-3-4-6-13/h13-14H,3-12H2,1-2H3. The summed E-state index contributed by atoms with van der Waals surface area (Å²) in [4.78, 5) is 19.9. The number of aromatic nitrogens is 2. The molecule has 2 fully saturated rings. The average Bonchev–Trinajstić information content (AvgIpc) is 3.31. The van der Waals surface area contributed by atoms with Gasteiger partial charge in [0, 0.05) is 40.2 Å². The van der Waals surface area contributed by atoms with Crippen LogP contribution in [-0.4, -0.2) is 66.4 Å². The van der Waals surface area contributed by atoms with E-state index < -0.39 is 0 Å². The van der Waals surface area contributed by atoms with E-state index in [2.05, 4.69) is 10.1 Å². The number of hydrogen-bond acceptors (Lipinski definition) is 5. The Kier molecular flexibility index (Phi) is 5.71. The molecule has 1 unspecified atom stereocenters. The van der Waals surface area contributed by atoms with E-state index in [1.165, 1.54) is 25.7 Å². The Balaban J connectivity index is 1.41. The number of carbonyl (C=O) groups is 1. The highest BCUT2D eigenvalue weighted by molar-refractivity contribution is 5.74. The molecule has 1 aromatic heterocycles. The summed E-state index contributed by atoms with van der Waals surface area (Å²) in [6, 6.07) is 0.0394. The van der Waals surface area contributed by atoms with Crippen LogP contribution < -0.4 is 0 Å². The summed E-state index contributed by atoms with van der Waals surface area (Å²) in [7, 11) is 3.54. The van der Waals surface area contributed by atoms with E-state index in [0.717, 1.165) is 25.5 Å². The maximum atomic E-state index is 12.0. The molecule has 7 nitrogen and oxygen atoms in total. The van der Waals surface area contributed by atoms with Gasteiger partial charge in [-0.2, -0.15) is 4.98 Å². The van der Waals surface area contributed by atoms with Gasteiger partial charge in [0.05, 0.1) is 12.5 Å². The van der Waals surface area contributed by atoms with Gasteiger partial charge < -0.3 is 19.1 Å². The first kappa shape index (κ1) is 17.2. The summed E-state index contributed by atoms with van der Waals surface area (Å²) in [5.74, 6) is 2.24. The molecule has 0 bridgehead atoms. The Labute approximate surface area is 143 Å². The number of hydrogen-bond donors (Lipinski definition) is 0. The van der Waals surface area contributed by atoms with Crippen molar-refractivity contribution in [3.05, 3.63) is 11.7 Å². The molecule has 3 rings (SSSR count). The van der Waals surface area contributed by atoms with E-state index in [1.54, 1.807) is 19.0 Å². The summed E-state index contributed by atoms with van der Waals surface area (Å²) >= 11 is 0. The fraction of sp³-hybridized carbons (Fsp3) is 0.824. The lowest BCUT2D eigenvalue weighted by atomic mass is 10.1. The molecule has 1 aromatic rings. The largest absolute Gasteiger partial charge is 0.381 e. The van der Waals surface area contributed by atoms with Crippen LogP contribution in [0.25, 0.3) is 0 Å². The van der Waals surface area contributed by atoms with Gasteiger partial charge in [0.2, 0.25) is 5.89 Å². The van der Waals surface area contributed by atoms with Crippen LogP contribution in [0, 0.1) is 5.92 Å². The number of nitrogens with zero attached hydrogens (tertiary/aromatic N) is 4. The third-order valence-electron chi connectivity index (χ3n) is 4.97. The molecule has 2 amide bonds. The van der Waals surface area contributed by atoms with Gasteiger partial charge in [0.1, 0.15) is 0 Å². The molecular weight excluding hydrogens is 308 g/mol. The van der Waals surface area contributed by atoms with Crippen LogP contribution in [0.2, 0.25) is 0 Å². The van der Waals surface area contributed by atoms with Crippen LogP contribution in [0.1, 0.15) is 49.7 Å². The van der Waals surface area contributed by atoms with Crippen LogP contribution in [0.15, 0.2) is 4.52 Å². The Morgan fingerprint density at radius 3 is 2.88 bits per heavy atom. The van der Waals surface area contributed by atoms with Crippen LogP contribution in [0.4, 0.5) is 4.79 Å². The number of rotatable bonds is 6. The summed E-state index contributed by atoms with van der Waals surface area (Å²) in [6.07, 6.45) is 6.85. The van der Waals surface area contributed by atoms with E-state index in [0.29, 0.717) is 31.3 Å². The molecule has 0 aromatic carbocycles. The summed E-state index contributed by atoms with van der Waals surface area (Å²) < 4.78 is 11.2. The van der Waals surface area contributed by atoms with Gasteiger partial charge in [-0.05, 0) is 25.2 Å². The topological polar surface area (TPSA) is 71.7 Å². The number of amides is 2. The van der Waals surface area contributed by atoms with Crippen molar-refractivity contribution in [2.45, 2.75) is 44.4 Å². The molecule has 1 aliphatic heterocycles. The van der Waals surface area contributed by atoms with Crippen LogP contribution in [0.3, 0.4) is 0 Å². The van der Waals surface area contributed by atoms with E-state index in [9.17, 15) is 4.79 Å². The molecule has 1 saturated carbocycles. The third-order valence-corrected chi connectivity index (χ3v) is 4.97. The zero-order chi connectivity index (χ0) is 16.9. The van der Waals surface area contributed by atoms with Crippen LogP contribution >= 0.6 is 0 Å².